The first-order valence-electron chi connectivity index (χ1n) is 6.58. The van der Waals surface area contributed by atoms with Crippen LogP contribution in [-0.2, 0) is 4.74 Å². The van der Waals surface area contributed by atoms with Gasteiger partial charge in [0.1, 0.15) is 0 Å². The summed E-state index contributed by atoms with van der Waals surface area (Å²) in [5, 5.41) is 9.88. The monoisotopic (exact) mass is 248 g/mol. The molecule has 3 rings (SSSR count). The average Bonchev–Trinajstić information content (AvgIpc) is 2.40. The van der Waals surface area contributed by atoms with Crippen molar-refractivity contribution in [1.29, 1.82) is 0 Å². The molecule has 0 aromatic rings. The van der Waals surface area contributed by atoms with Gasteiger partial charge < -0.3 is 19.6 Å². The smallest absolute Gasteiger partial charge is 0.181 e. The largest absolute Gasteiger partial charge is 0.369 e. The van der Waals surface area contributed by atoms with Gasteiger partial charge in [-0.3, -0.25) is 0 Å². The highest BCUT2D eigenvalue weighted by Gasteiger charge is 2.24. The normalized spacial score (nSPS) is 29.3. The number of ether oxygens (including phenoxy) is 1. The number of likely N-dealkylation sites (N-methyl/N-ethyl adjacent to an activating group) is 1. The summed E-state index contributed by atoms with van der Waals surface area (Å²) in [4.78, 5) is 4.74. The van der Waals surface area contributed by atoms with Gasteiger partial charge in [-0.15, -0.1) is 0 Å². The van der Waals surface area contributed by atoms with Crippen LogP contribution < -0.4 is 0 Å². The van der Waals surface area contributed by atoms with E-state index in [1.165, 1.54) is 11.3 Å². The van der Waals surface area contributed by atoms with Crippen LogP contribution >= 0.6 is 0 Å². The lowest BCUT2D eigenvalue weighted by atomic mass is 9.94. The van der Waals surface area contributed by atoms with Crippen LogP contribution in [0.1, 0.15) is 6.42 Å². The molecule has 1 atom stereocenters. The Morgan fingerprint density at radius 1 is 1.22 bits per heavy atom. The molecular weight excluding hydrogens is 228 g/mol. The van der Waals surface area contributed by atoms with Gasteiger partial charge >= 0.3 is 0 Å². The van der Waals surface area contributed by atoms with Gasteiger partial charge in [0, 0.05) is 37.4 Å². The lowest BCUT2D eigenvalue weighted by Gasteiger charge is -2.36. The van der Waals surface area contributed by atoms with Crippen LogP contribution in [-0.4, -0.2) is 61.0 Å². The van der Waals surface area contributed by atoms with E-state index in [1.54, 1.807) is 0 Å². The minimum atomic E-state index is -0.749. The minimum Gasteiger partial charge on any atom is -0.369 e. The zero-order valence-corrected chi connectivity index (χ0v) is 10.8. The van der Waals surface area contributed by atoms with E-state index < -0.39 is 6.29 Å². The molecule has 2 aliphatic heterocycles. The number of fused-ring (bicyclic) bond motifs is 1. The number of aliphatic hydroxyl groups is 1. The van der Waals surface area contributed by atoms with Gasteiger partial charge in [-0.1, -0.05) is 12.2 Å². The maximum Gasteiger partial charge on any atom is 0.181 e. The van der Waals surface area contributed by atoms with Crippen LogP contribution in [0, 0.1) is 0 Å². The molecule has 1 fully saturated rings. The summed E-state index contributed by atoms with van der Waals surface area (Å²) in [5.41, 5.74) is 3.39. The molecule has 98 valence electrons. The molecule has 4 nitrogen and oxygen atoms in total. The van der Waals surface area contributed by atoms with Gasteiger partial charge in [0.15, 0.2) is 6.29 Å². The molecule has 0 bridgehead atoms. The van der Waals surface area contributed by atoms with Crippen LogP contribution in [0.2, 0.25) is 0 Å². The van der Waals surface area contributed by atoms with Crippen molar-refractivity contribution >= 4 is 0 Å². The molecule has 2 heterocycles. The first kappa shape index (κ1) is 12.0. The van der Waals surface area contributed by atoms with Crippen molar-refractivity contribution in [1.82, 2.24) is 9.80 Å². The molecule has 1 aliphatic carbocycles. The van der Waals surface area contributed by atoms with E-state index in [2.05, 4.69) is 35.1 Å². The molecule has 4 heteroatoms. The van der Waals surface area contributed by atoms with Crippen molar-refractivity contribution < 1.29 is 9.84 Å². The van der Waals surface area contributed by atoms with Crippen LogP contribution in [0.3, 0.4) is 0 Å². The van der Waals surface area contributed by atoms with Crippen molar-refractivity contribution in [2.24, 2.45) is 0 Å². The number of hydrogen-bond acceptors (Lipinski definition) is 4. The van der Waals surface area contributed by atoms with E-state index in [0.29, 0.717) is 6.61 Å². The Morgan fingerprint density at radius 3 is 2.78 bits per heavy atom. The third-order valence-electron chi connectivity index (χ3n) is 3.92. The zero-order chi connectivity index (χ0) is 12.5. The number of rotatable bonds is 1. The molecular formula is C14H20N2O2. The van der Waals surface area contributed by atoms with Crippen LogP contribution in [0.15, 0.2) is 35.1 Å². The Morgan fingerprint density at radius 2 is 2.00 bits per heavy atom. The second-order valence-electron chi connectivity index (χ2n) is 5.14. The molecule has 0 amide bonds. The first-order valence-corrected chi connectivity index (χ1v) is 6.58. The van der Waals surface area contributed by atoms with E-state index in [-0.39, 0.29) is 0 Å². The predicted molar refractivity (Wildman–Crippen MR) is 69.9 cm³/mol. The first-order chi connectivity index (χ1) is 8.74. The summed E-state index contributed by atoms with van der Waals surface area (Å²) in [6, 6.07) is 0. The summed E-state index contributed by atoms with van der Waals surface area (Å²) in [5.74, 6) is 0. The predicted octanol–water partition coefficient (Wildman–Crippen LogP) is 0.723. The molecule has 0 saturated carbocycles. The summed E-state index contributed by atoms with van der Waals surface area (Å²) in [6.07, 6.45) is 6.58. The van der Waals surface area contributed by atoms with Crippen molar-refractivity contribution in [2.45, 2.75) is 12.7 Å². The topological polar surface area (TPSA) is 35.9 Å². The number of allylic oxidation sites excluding steroid dienone is 2. The molecule has 3 aliphatic rings. The van der Waals surface area contributed by atoms with E-state index in [4.69, 9.17) is 4.74 Å². The highest BCUT2D eigenvalue weighted by molar-refractivity contribution is 5.45. The van der Waals surface area contributed by atoms with E-state index in [9.17, 15) is 5.11 Å². The highest BCUT2D eigenvalue weighted by Crippen LogP contribution is 2.30. The van der Waals surface area contributed by atoms with E-state index in [0.717, 1.165) is 38.2 Å². The van der Waals surface area contributed by atoms with Gasteiger partial charge in [-0.05, 0) is 25.1 Å². The van der Waals surface area contributed by atoms with E-state index in [1.807, 2.05) is 0 Å². The van der Waals surface area contributed by atoms with Crippen molar-refractivity contribution in [3.63, 3.8) is 0 Å². The third kappa shape index (κ3) is 2.23. The van der Waals surface area contributed by atoms with Gasteiger partial charge in [-0.2, -0.15) is 0 Å². The fraction of sp³-hybridized carbons (Fsp3) is 0.571. The fourth-order valence-electron chi connectivity index (χ4n) is 2.69. The Labute approximate surface area is 108 Å². The summed E-state index contributed by atoms with van der Waals surface area (Å²) >= 11 is 0. The van der Waals surface area contributed by atoms with Crippen LogP contribution in [0.5, 0.6) is 0 Å². The lowest BCUT2D eigenvalue weighted by molar-refractivity contribution is -0.0647. The van der Waals surface area contributed by atoms with Crippen molar-refractivity contribution in [3.8, 4) is 0 Å². The summed E-state index contributed by atoms with van der Waals surface area (Å²) < 4.78 is 5.26. The molecule has 1 N–H and O–H groups in total. The fourth-order valence-corrected chi connectivity index (χ4v) is 2.69. The van der Waals surface area contributed by atoms with E-state index >= 15 is 0 Å². The van der Waals surface area contributed by atoms with Gasteiger partial charge in [-0.25, -0.2) is 0 Å². The SMILES string of the molecule is CN1CCN(C2=CCC3=CCOC(O)C3=C2)CC1. The minimum absolute atomic E-state index is 0.519. The molecule has 1 saturated heterocycles. The molecule has 1 unspecified atom stereocenters. The summed E-state index contributed by atoms with van der Waals surface area (Å²) in [7, 11) is 2.16. The number of nitrogens with zero attached hydrogens (tertiary/aromatic N) is 2. The zero-order valence-electron chi connectivity index (χ0n) is 10.8. The maximum absolute atomic E-state index is 9.88. The van der Waals surface area contributed by atoms with Crippen molar-refractivity contribution in [2.75, 3.05) is 39.8 Å². The quantitative estimate of drug-likeness (QED) is 0.742. The standard InChI is InChI=1S/C14H20N2O2/c1-15-5-7-16(8-6-15)12-3-2-11-4-9-18-14(17)13(11)10-12/h3-4,10,14,17H,2,5-9H2,1H3. The maximum atomic E-state index is 9.88. The van der Waals surface area contributed by atoms with Crippen LogP contribution in [0.25, 0.3) is 0 Å². The number of piperazine rings is 1. The van der Waals surface area contributed by atoms with Gasteiger partial charge in [0.25, 0.3) is 0 Å². The highest BCUT2D eigenvalue weighted by atomic mass is 16.6. The Balaban J connectivity index is 1.77. The summed E-state index contributed by atoms with van der Waals surface area (Å²) in [6.45, 7) is 4.83. The molecule has 0 radical (unpaired) electrons. The molecule has 0 spiro atoms. The molecule has 0 aromatic heterocycles. The second-order valence-corrected chi connectivity index (χ2v) is 5.14. The number of hydrogen-bond donors (Lipinski definition) is 1. The average molecular weight is 248 g/mol. The Hall–Kier alpha value is -1.10. The number of aliphatic hydroxyl groups excluding tert-OH is 1. The Bertz CT molecular complexity index is 418. The molecule has 18 heavy (non-hydrogen) atoms. The molecule has 0 aromatic carbocycles. The van der Waals surface area contributed by atoms with Gasteiger partial charge in [0.2, 0.25) is 0 Å². The van der Waals surface area contributed by atoms with Crippen LogP contribution in [0.4, 0.5) is 0 Å². The van der Waals surface area contributed by atoms with Crippen molar-refractivity contribution in [3.05, 3.63) is 35.1 Å². The van der Waals surface area contributed by atoms with Gasteiger partial charge in [0.05, 0.1) is 6.61 Å². The second kappa shape index (κ2) is 4.88. The lowest BCUT2D eigenvalue weighted by Crippen LogP contribution is -2.44. The third-order valence-corrected chi connectivity index (χ3v) is 3.92. The Kier molecular flexibility index (Phi) is 3.24.